The number of hydrogen-bond acceptors (Lipinski definition) is 4. The molecule has 0 bridgehead atoms. The van der Waals surface area contributed by atoms with Crippen LogP contribution >= 0.6 is 15.9 Å². The fraction of sp³-hybridized carbons (Fsp3) is 0.238. The zero-order chi connectivity index (χ0) is 19.7. The normalized spacial score (nSPS) is 13.4. The van der Waals surface area contributed by atoms with Gasteiger partial charge in [0, 0.05) is 22.1 Å². The van der Waals surface area contributed by atoms with E-state index in [0.717, 1.165) is 58.7 Å². The Morgan fingerprint density at radius 2 is 2.11 bits per heavy atom. The maximum Gasteiger partial charge on any atom is 0.335 e. The van der Waals surface area contributed by atoms with Crippen LogP contribution in [0.15, 0.2) is 46.9 Å². The SMILES string of the molecule is COc1ccc(Br)cc1-c1nn(-c2cccc(C(=O)O)c2)c2c1CCCCN2. The number of aromatic nitrogens is 2. The highest BCUT2D eigenvalue weighted by Crippen LogP contribution is 2.39. The maximum atomic E-state index is 11.4. The Bertz CT molecular complexity index is 1050. The monoisotopic (exact) mass is 441 g/mol. The van der Waals surface area contributed by atoms with Crippen LogP contribution in [0.5, 0.6) is 5.75 Å². The molecule has 0 aliphatic carbocycles. The Labute approximate surface area is 171 Å². The van der Waals surface area contributed by atoms with Crippen molar-refractivity contribution in [3.63, 3.8) is 0 Å². The fourth-order valence-corrected chi connectivity index (χ4v) is 3.90. The van der Waals surface area contributed by atoms with Crippen LogP contribution in [0.1, 0.15) is 28.8 Å². The van der Waals surface area contributed by atoms with Gasteiger partial charge < -0.3 is 15.2 Å². The van der Waals surface area contributed by atoms with Gasteiger partial charge in [-0.2, -0.15) is 5.10 Å². The van der Waals surface area contributed by atoms with Gasteiger partial charge in [-0.25, -0.2) is 9.48 Å². The molecule has 0 unspecified atom stereocenters. The van der Waals surface area contributed by atoms with E-state index >= 15 is 0 Å². The predicted octanol–water partition coefficient (Wildman–Crippen LogP) is 4.76. The van der Waals surface area contributed by atoms with Crippen molar-refractivity contribution in [3.05, 3.63) is 58.1 Å². The van der Waals surface area contributed by atoms with Crippen molar-refractivity contribution in [3.8, 4) is 22.7 Å². The van der Waals surface area contributed by atoms with E-state index in [2.05, 4.69) is 21.2 Å². The smallest absolute Gasteiger partial charge is 0.335 e. The summed E-state index contributed by atoms with van der Waals surface area (Å²) in [5.74, 6) is 0.707. The minimum atomic E-state index is -0.957. The van der Waals surface area contributed by atoms with E-state index in [1.807, 2.05) is 28.9 Å². The van der Waals surface area contributed by atoms with Crippen LogP contribution in [0, 0.1) is 0 Å². The molecule has 144 valence electrons. The van der Waals surface area contributed by atoms with E-state index in [1.54, 1.807) is 25.3 Å². The van der Waals surface area contributed by atoms with E-state index in [0.29, 0.717) is 5.69 Å². The molecule has 0 radical (unpaired) electrons. The van der Waals surface area contributed by atoms with Crippen molar-refractivity contribution < 1.29 is 14.6 Å². The minimum Gasteiger partial charge on any atom is -0.496 e. The number of carboxylic acid groups (broad SMARTS) is 1. The highest BCUT2D eigenvalue weighted by molar-refractivity contribution is 9.10. The van der Waals surface area contributed by atoms with E-state index in [-0.39, 0.29) is 5.56 Å². The van der Waals surface area contributed by atoms with Crippen molar-refractivity contribution in [2.45, 2.75) is 19.3 Å². The van der Waals surface area contributed by atoms with Crippen molar-refractivity contribution in [1.29, 1.82) is 0 Å². The first-order valence-electron chi connectivity index (χ1n) is 9.12. The quantitative estimate of drug-likeness (QED) is 0.610. The molecule has 2 aromatic carbocycles. The van der Waals surface area contributed by atoms with Crippen LogP contribution in [-0.2, 0) is 6.42 Å². The topological polar surface area (TPSA) is 76.4 Å². The summed E-state index contributed by atoms with van der Waals surface area (Å²) < 4.78 is 8.33. The van der Waals surface area contributed by atoms with Crippen LogP contribution in [0.3, 0.4) is 0 Å². The van der Waals surface area contributed by atoms with Crippen LogP contribution in [0.2, 0.25) is 0 Å². The lowest BCUT2D eigenvalue weighted by Gasteiger charge is -2.09. The Hall–Kier alpha value is -2.80. The second-order valence-corrected chi connectivity index (χ2v) is 7.59. The molecule has 6 nitrogen and oxygen atoms in total. The second kappa shape index (κ2) is 7.67. The van der Waals surface area contributed by atoms with Crippen LogP contribution < -0.4 is 10.1 Å². The van der Waals surface area contributed by atoms with Crippen LogP contribution in [0.4, 0.5) is 5.82 Å². The number of aromatic carboxylic acids is 1. The Morgan fingerprint density at radius 3 is 2.89 bits per heavy atom. The average Bonchev–Trinajstić information content (AvgIpc) is 2.88. The number of carbonyl (C=O) groups is 1. The zero-order valence-corrected chi connectivity index (χ0v) is 17.0. The van der Waals surface area contributed by atoms with Gasteiger partial charge in [-0.15, -0.1) is 0 Å². The van der Waals surface area contributed by atoms with Crippen LogP contribution in [0.25, 0.3) is 16.9 Å². The first-order valence-corrected chi connectivity index (χ1v) is 9.91. The number of halogens is 1. The fourth-order valence-electron chi connectivity index (χ4n) is 3.54. The van der Waals surface area contributed by atoms with E-state index in [1.165, 1.54) is 0 Å². The first-order chi connectivity index (χ1) is 13.6. The highest BCUT2D eigenvalue weighted by Gasteiger charge is 2.24. The predicted molar refractivity (Wildman–Crippen MR) is 112 cm³/mol. The van der Waals surface area contributed by atoms with E-state index < -0.39 is 5.97 Å². The van der Waals surface area contributed by atoms with Gasteiger partial charge in [0.2, 0.25) is 0 Å². The standard InChI is InChI=1S/C21H20BrN3O3/c1-28-18-9-8-14(22)12-17(18)19-16-7-2-3-10-23-20(16)25(24-19)15-6-4-5-13(11-15)21(26)27/h4-6,8-9,11-12,23H,2-3,7,10H2,1H3,(H,26,27). The molecule has 7 heteroatoms. The molecule has 0 saturated heterocycles. The van der Waals surface area contributed by atoms with Gasteiger partial charge in [-0.05, 0) is 55.7 Å². The third kappa shape index (κ3) is 3.38. The summed E-state index contributed by atoms with van der Waals surface area (Å²) in [5.41, 5.74) is 3.82. The summed E-state index contributed by atoms with van der Waals surface area (Å²) in [4.78, 5) is 11.4. The Kier molecular flexibility index (Phi) is 5.09. The minimum absolute atomic E-state index is 0.233. The number of anilines is 1. The summed E-state index contributed by atoms with van der Waals surface area (Å²) in [6.45, 7) is 0.854. The molecule has 0 saturated carbocycles. The summed E-state index contributed by atoms with van der Waals surface area (Å²) in [5, 5.41) is 17.7. The third-order valence-electron chi connectivity index (χ3n) is 4.88. The summed E-state index contributed by atoms with van der Waals surface area (Å²) in [6, 6.07) is 12.7. The first kappa shape index (κ1) is 18.6. The van der Waals surface area contributed by atoms with Crippen molar-refractivity contribution >= 4 is 27.7 Å². The molecule has 4 rings (SSSR count). The molecule has 2 heterocycles. The zero-order valence-electron chi connectivity index (χ0n) is 15.4. The highest BCUT2D eigenvalue weighted by atomic mass is 79.9. The number of hydrogen-bond donors (Lipinski definition) is 2. The summed E-state index contributed by atoms with van der Waals surface area (Å²) in [7, 11) is 1.65. The van der Waals surface area contributed by atoms with Crippen molar-refractivity contribution in [2.75, 3.05) is 19.0 Å². The van der Waals surface area contributed by atoms with Gasteiger partial charge >= 0.3 is 5.97 Å². The Balaban J connectivity index is 1.94. The molecule has 1 aliphatic rings. The number of benzene rings is 2. The molecule has 28 heavy (non-hydrogen) atoms. The molecule has 2 N–H and O–H groups in total. The molecule has 1 aliphatic heterocycles. The van der Waals surface area contributed by atoms with Gasteiger partial charge in [0.25, 0.3) is 0 Å². The number of ether oxygens (including phenoxy) is 1. The number of nitrogens with one attached hydrogen (secondary N) is 1. The summed E-state index contributed by atoms with van der Waals surface area (Å²) in [6.07, 6.45) is 3.02. The van der Waals surface area contributed by atoms with Gasteiger partial charge in [0.15, 0.2) is 0 Å². The second-order valence-electron chi connectivity index (χ2n) is 6.67. The number of carboxylic acids is 1. The van der Waals surface area contributed by atoms with E-state index in [9.17, 15) is 9.90 Å². The van der Waals surface area contributed by atoms with Gasteiger partial charge in [0.05, 0.1) is 18.4 Å². The number of rotatable bonds is 4. The number of methoxy groups -OCH3 is 1. The van der Waals surface area contributed by atoms with Gasteiger partial charge in [-0.1, -0.05) is 22.0 Å². The molecule has 0 atom stereocenters. The third-order valence-corrected chi connectivity index (χ3v) is 5.38. The maximum absolute atomic E-state index is 11.4. The lowest BCUT2D eigenvalue weighted by molar-refractivity contribution is 0.0697. The van der Waals surface area contributed by atoms with Crippen molar-refractivity contribution in [2.24, 2.45) is 0 Å². The Morgan fingerprint density at radius 1 is 1.25 bits per heavy atom. The lowest BCUT2D eigenvalue weighted by Crippen LogP contribution is -2.08. The molecular weight excluding hydrogens is 422 g/mol. The summed E-state index contributed by atoms with van der Waals surface area (Å²) >= 11 is 3.54. The van der Waals surface area contributed by atoms with Gasteiger partial charge in [0.1, 0.15) is 17.3 Å². The van der Waals surface area contributed by atoms with Gasteiger partial charge in [-0.3, -0.25) is 0 Å². The lowest BCUT2D eigenvalue weighted by atomic mass is 10.0. The van der Waals surface area contributed by atoms with Crippen LogP contribution in [-0.4, -0.2) is 34.5 Å². The molecule has 3 aromatic rings. The average molecular weight is 442 g/mol. The molecule has 1 aromatic heterocycles. The van der Waals surface area contributed by atoms with E-state index in [4.69, 9.17) is 9.84 Å². The molecular formula is C21H20BrN3O3. The largest absolute Gasteiger partial charge is 0.496 e. The molecule has 0 spiro atoms. The molecule has 0 fully saturated rings. The molecule has 0 amide bonds. The van der Waals surface area contributed by atoms with Crippen molar-refractivity contribution in [1.82, 2.24) is 9.78 Å². The number of fused-ring (bicyclic) bond motifs is 1. The number of nitrogens with zero attached hydrogens (tertiary/aromatic N) is 2.